The monoisotopic (exact) mass is 606 g/mol. The van der Waals surface area contributed by atoms with Crippen molar-refractivity contribution in [2.75, 3.05) is 58.8 Å². The number of hydrogen-bond donors (Lipinski definition) is 1. The number of likely N-dealkylation sites (N-methyl/N-ethyl adjacent to an activating group) is 1. The average molecular weight is 607 g/mol. The first kappa shape index (κ1) is 30.1. The molecule has 232 valence electrons. The summed E-state index contributed by atoms with van der Waals surface area (Å²) in [7, 11) is 2.57. The molecule has 1 saturated heterocycles. The summed E-state index contributed by atoms with van der Waals surface area (Å²) < 4.78 is 20.2. The molecule has 0 bridgehead atoms. The molecule has 10 nitrogen and oxygen atoms in total. The average Bonchev–Trinajstić information content (AvgIpc) is 3.91. The third kappa shape index (κ3) is 7.39. The molecule has 0 unspecified atom stereocenters. The molecule has 2 atom stereocenters. The number of aromatic nitrogens is 3. The molecule has 43 heavy (non-hydrogen) atoms. The van der Waals surface area contributed by atoms with E-state index in [2.05, 4.69) is 46.8 Å². The molecule has 2 aliphatic carbocycles. The molecule has 1 N–H and O–H groups in total. The van der Waals surface area contributed by atoms with E-state index in [0.717, 1.165) is 85.9 Å². The van der Waals surface area contributed by atoms with Crippen molar-refractivity contribution in [2.45, 2.75) is 57.8 Å². The van der Waals surface area contributed by atoms with Gasteiger partial charge in [-0.25, -0.2) is 9.97 Å². The molecule has 11 heteroatoms. The third-order valence-electron chi connectivity index (χ3n) is 8.71. The second-order valence-electron chi connectivity index (χ2n) is 13.6. The first-order valence-corrected chi connectivity index (χ1v) is 19.4. The molecule has 0 aromatic carbocycles. The fourth-order valence-electron chi connectivity index (χ4n) is 5.72. The number of rotatable bonds is 13. The Morgan fingerprint density at radius 1 is 1.12 bits per heavy atom. The van der Waals surface area contributed by atoms with Crippen molar-refractivity contribution >= 4 is 30.8 Å². The number of hydrogen-bond acceptors (Lipinski definition) is 8. The quantitative estimate of drug-likeness (QED) is 0.220. The highest BCUT2D eigenvalue weighted by molar-refractivity contribution is 6.76. The van der Waals surface area contributed by atoms with Crippen LogP contribution in [-0.2, 0) is 16.3 Å². The SMILES string of the molecule is COc1nccc(OC2CC2)c1-c1cn(COCC[Si](C)(C)C)c2nc(NC(=O)[C@@H]3C[C@H]3CN3CCN(C)CC3)ccc12. The van der Waals surface area contributed by atoms with Crippen LogP contribution < -0.4 is 14.8 Å². The number of anilines is 1. The zero-order valence-electron chi connectivity index (χ0n) is 26.3. The summed E-state index contributed by atoms with van der Waals surface area (Å²) in [6.07, 6.45) is 7.04. The minimum atomic E-state index is -1.23. The van der Waals surface area contributed by atoms with E-state index >= 15 is 0 Å². The molecule has 0 radical (unpaired) electrons. The molecular formula is C32H46N6O4Si. The van der Waals surface area contributed by atoms with E-state index in [4.69, 9.17) is 19.2 Å². The van der Waals surface area contributed by atoms with E-state index in [1.807, 2.05) is 29.0 Å². The van der Waals surface area contributed by atoms with Crippen LogP contribution in [0.1, 0.15) is 19.3 Å². The van der Waals surface area contributed by atoms with Crippen molar-refractivity contribution in [3.05, 3.63) is 30.6 Å². The Labute approximate surface area is 255 Å². The van der Waals surface area contributed by atoms with Gasteiger partial charge in [-0.05, 0) is 56.5 Å². The lowest BCUT2D eigenvalue weighted by molar-refractivity contribution is -0.117. The van der Waals surface area contributed by atoms with Crippen LogP contribution in [-0.4, -0.2) is 97.9 Å². The lowest BCUT2D eigenvalue weighted by Gasteiger charge is -2.32. The van der Waals surface area contributed by atoms with Gasteiger partial charge in [-0.3, -0.25) is 4.79 Å². The maximum absolute atomic E-state index is 13.2. The second kappa shape index (κ2) is 12.5. The summed E-state index contributed by atoms with van der Waals surface area (Å²) in [5, 5.41) is 4.04. The Kier molecular flexibility index (Phi) is 8.77. The van der Waals surface area contributed by atoms with Gasteiger partial charge in [0, 0.05) is 76.7 Å². The van der Waals surface area contributed by atoms with Crippen molar-refractivity contribution in [3.63, 3.8) is 0 Å². The molecular weight excluding hydrogens is 560 g/mol. The van der Waals surface area contributed by atoms with Gasteiger partial charge >= 0.3 is 0 Å². The van der Waals surface area contributed by atoms with E-state index in [9.17, 15) is 4.79 Å². The summed E-state index contributed by atoms with van der Waals surface area (Å²) in [5.41, 5.74) is 2.48. The number of nitrogens with zero attached hydrogens (tertiary/aromatic N) is 5. The van der Waals surface area contributed by atoms with Crippen LogP contribution in [0.4, 0.5) is 5.82 Å². The van der Waals surface area contributed by atoms with E-state index in [0.29, 0.717) is 31.0 Å². The first-order chi connectivity index (χ1) is 20.7. The topological polar surface area (TPSA) is 94.0 Å². The van der Waals surface area contributed by atoms with Gasteiger partial charge in [0.2, 0.25) is 11.8 Å². The normalized spacial score (nSPS) is 21.2. The van der Waals surface area contributed by atoms with Crippen LogP contribution in [0.3, 0.4) is 0 Å². The summed E-state index contributed by atoms with van der Waals surface area (Å²) in [5.74, 6) is 2.35. The van der Waals surface area contributed by atoms with Crippen molar-refractivity contribution in [1.82, 2.24) is 24.3 Å². The van der Waals surface area contributed by atoms with Crippen molar-refractivity contribution in [2.24, 2.45) is 11.8 Å². The number of fused-ring (bicyclic) bond motifs is 1. The number of carbonyl (C=O) groups excluding carboxylic acids is 1. The molecule has 1 amide bonds. The van der Waals surface area contributed by atoms with Crippen LogP contribution in [0.15, 0.2) is 30.6 Å². The Balaban J connectivity index is 1.23. The van der Waals surface area contributed by atoms with Crippen molar-refractivity contribution in [1.29, 1.82) is 0 Å². The van der Waals surface area contributed by atoms with E-state index in [1.165, 1.54) is 0 Å². The lowest BCUT2D eigenvalue weighted by atomic mass is 10.1. The Bertz CT molecular complexity index is 1440. The van der Waals surface area contributed by atoms with Crippen LogP contribution in [0.5, 0.6) is 11.6 Å². The molecule has 3 aromatic rings. The molecule has 0 spiro atoms. The highest BCUT2D eigenvalue weighted by Gasteiger charge is 2.44. The first-order valence-electron chi connectivity index (χ1n) is 15.7. The van der Waals surface area contributed by atoms with Gasteiger partial charge in [0.15, 0.2) is 0 Å². The van der Waals surface area contributed by atoms with E-state index in [-0.39, 0.29) is 17.9 Å². The van der Waals surface area contributed by atoms with Gasteiger partial charge < -0.3 is 33.9 Å². The fraction of sp³-hybridized carbons (Fsp3) is 0.594. The molecule has 2 saturated carbocycles. The highest BCUT2D eigenvalue weighted by Crippen LogP contribution is 2.44. The number of ether oxygens (including phenoxy) is 3. The predicted molar refractivity (Wildman–Crippen MR) is 171 cm³/mol. The maximum atomic E-state index is 13.2. The number of piperazine rings is 1. The summed E-state index contributed by atoms with van der Waals surface area (Å²) in [6, 6.07) is 6.90. The standard InChI is InChI=1S/C32H46N6O4Si/c1-36-12-14-37(15-13-36)19-22-18-25(22)31(39)35-28-9-8-24-26(20-38(30(24)34-28)21-41-16-17-43(3,4)5)29-27(42-23-6-7-23)10-11-33-32(29)40-2/h8-11,20,22-23,25H,6-7,12-19,21H2,1-5H3,(H,34,35,39)/t22-,25+/m0/s1. The molecule has 4 heterocycles. The maximum Gasteiger partial charge on any atom is 0.228 e. The number of amides is 1. The zero-order valence-corrected chi connectivity index (χ0v) is 27.3. The van der Waals surface area contributed by atoms with E-state index < -0.39 is 8.07 Å². The smallest absolute Gasteiger partial charge is 0.228 e. The van der Waals surface area contributed by atoms with Gasteiger partial charge in [-0.15, -0.1) is 0 Å². The minimum absolute atomic E-state index is 0.0474. The molecule has 3 fully saturated rings. The third-order valence-corrected chi connectivity index (χ3v) is 10.4. The van der Waals surface area contributed by atoms with Crippen molar-refractivity contribution < 1.29 is 19.0 Å². The summed E-state index contributed by atoms with van der Waals surface area (Å²) in [6.45, 7) is 13.4. The second-order valence-corrected chi connectivity index (χ2v) is 19.3. The van der Waals surface area contributed by atoms with E-state index in [1.54, 1.807) is 13.3 Å². The van der Waals surface area contributed by atoms with Gasteiger partial charge in [0.25, 0.3) is 0 Å². The number of carbonyl (C=O) groups is 1. The number of pyridine rings is 2. The Morgan fingerprint density at radius 2 is 1.91 bits per heavy atom. The lowest BCUT2D eigenvalue weighted by Crippen LogP contribution is -2.45. The summed E-state index contributed by atoms with van der Waals surface area (Å²) in [4.78, 5) is 27.5. The Morgan fingerprint density at radius 3 is 2.63 bits per heavy atom. The van der Waals surface area contributed by atoms with Crippen LogP contribution in [0.2, 0.25) is 25.7 Å². The largest absolute Gasteiger partial charge is 0.490 e. The Hall–Kier alpha value is -2.99. The number of nitrogens with one attached hydrogen (secondary N) is 1. The molecule has 3 aliphatic rings. The molecule has 1 aliphatic heterocycles. The molecule has 3 aromatic heterocycles. The van der Waals surface area contributed by atoms with Crippen molar-refractivity contribution in [3.8, 4) is 22.8 Å². The number of methoxy groups -OCH3 is 1. The minimum Gasteiger partial charge on any atom is -0.490 e. The van der Waals surface area contributed by atoms with Crippen LogP contribution >= 0.6 is 0 Å². The summed E-state index contributed by atoms with van der Waals surface area (Å²) >= 11 is 0. The van der Waals surface area contributed by atoms with Gasteiger partial charge in [-0.1, -0.05) is 19.6 Å². The van der Waals surface area contributed by atoms with Crippen LogP contribution in [0.25, 0.3) is 22.2 Å². The van der Waals surface area contributed by atoms with Gasteiger partial charge in [-0.2, -0.15) is 0 Å². The molecule has 6 rings (SSSR count). The van der Waals surface area contributed by atoms with Crippen LogP contribution in [0, 0.1) is 11.8 Å². The fourth-order valence-corrected chi connectivity index (χ4v) is 6.47. The zero-order chi connectivity index (χ0) is 30.1. The predicted octanol–water partition coefficient (Wildman–Crippen LogP) is 4.78. The van der Waals surface area contributed by atoms with Gasteiger partial charge in [0.1, 0.15) is 23.9 Å². The van der Waals surface area contributed by atoms with Gasteiger partial charge in [0.05, 0.1) is 18.8 Å². The highest BCUT2D eigenvalue weighted by atomic mass is 28.3.